The van der Waals surface area contributed by atoms with Gasteiger partial charge >= 0.3 is 0 Å². The lowest BCUT2D eigenvalue weighted by Crippen LogP contribution is -2.35. The standard InChI is InChI=1S/C17H26N2OS/c1-2-3-10-14(18)17(20)19-15-11-6-7-12-16(15)21-13-8-4-5-9-13/h6-7,11-14H,2-5,8-10,18H2,1H3,(H,19,20). The van der Waals surface area contributed by atoms with Crippen LogP contribution in [0.4, 0.5) is 5.69 Å². The quantitative estimate of drug-likeness (QED) is 0.794. The number of para-hydroxylation sites is 1. The van der Waals surface area contributed by atoms with Gasteiger partial charge in [-0.15, -0.1) is 11.8 Å². The van der Waals surface area contributed by atoms with Crippen molar-refractivity contribution in [3.05, 3.63) is 24.3 Å². The van der Waals surface area contributed by atoms with Gasteiger partial charge in [-0.1, -0.05) is 44.7 Å². The zero-order chi connectivity index (χ0) is 15.1. The smallest absolute Gasteiger partial charge is 0.241 e. The SMILES string of the molecule is CCCCC(N)C(=O)Nc1ccccc1SC1CCCC1. The second kappa shape index (κ2) is 8.44. The van der Waals surface area contributed by atoms with Crippen molar-refractivity contribution < 1.29 is 4.79 Å². The van der Waals surface area contributed by atoms with E-state index in [2.05, 4.69) is 18.3 Å². The molecule has 1 aromatic carbocycles. The van der Waals surface area contributed by atoms with Crippen molar-refractivity contribution in [2.75, 3.05) is 5.32 Å². The number of unbranched alkanes of at least 4 members (excludes halogenated alkanes) is 1. The molecule has 1 unspecified atom stereocenters. The highest BCUT2D eigenvalue weighted by molar-refractivity contribution is 8.00. The van der Waals surface area contributed by atoms with Crippen molar-refractivity contribution in [1.82, 2.24) is 0 Å². The minimum absolute atomic E-state index is 0.0667. The van der Waals surface area contributed by atoms with Gasteiger partial charge in [-0.3, -0.25) is 4.79 Å². The molecule has 0 spiro atoms. The predicted octanol–water partition coefficient (Wildman–Crippen LogP) is 4.18. The van der Waals surface area contributed by atoms with Crippen LogP contribution in [0.15, 0.2) is 29.2 Å². The largest absolute Gasteiger partial charge is 0.324 e. The van der Waals surface area contributed by atoms with Gasteiger partial charge in [0.15, 0.2) is 0 Å². The third kappa shape index (κ3) is 5.04. The fraction of sp³-hybridized carbons (Fsp3) is 0.588. The number of benzene rings is 1. The molecule has 1 aliphatic rings. The number of anilines is 1. The molecule has 1 aliphatic carbocycles. The monoisotopic (exact) mass is 306 g/mol. The first-order chi connectivity index (χ1) is 10.2. The summed E-state index contributed by atoms with van der Waals surface area (Å²) in [6.45, 7) is 2.11. The van der Waals surface area contributed by atoms with Crippen molar-refractivity contribution in [2.45, 2.75) is 68.1 Å². The summed E-state index contributed by atoms with van der Waals surface area (Å²) < 4.78 is 0. The lowest BCUT2D eigenvalue weighted by molar-refractivity contribution is -0.117. The molecule has 1 amide bonds. The van der Waals surface area contributed by atoms with Gasteiger partial charge in [-0.25, -0.2) is 0 Å². The van der Waals surface area contributed by atoms with Gasteiger partial charge in [-0.2, -0.15) is 0 Å². The third-order valence-corrected chi connectivity index (χ3v) is 5.36. The van der Waals surface area contributed by atoms with Crippen LogP contribution in [-0.2, 0) is 4.79 Å². The van der Waals surface area contributed by atoms with E-state index in [0.717, 1.165) is 24.9 Å². The molecule has 1 aromatic rings. The van der Waals surface area contributed by atoms with Crippen LogP contribution in [0.5, 0.6) is 0 Å². The number of nitrogens with two attached hydrogens (primary N) is 1. The summed E-state index contributed by atoms with van der Waals surface area (Å²) in [6.07, 6.45) is 8.02. The molecular weight excluding hydrogens is 280 g/mol. The maximum absolute atomic E-state index is 12.2. The van der Waals surface area contributed by atoms with Crippen LogP contribution in [0.2, 0.25) is 0 Å². The Kier molecular flexibility index (Phi) is 6.58. The molecule has 2 rings (SSSR count). The number of hydrogen-bond donors (Lipinski definition) is 2. The van der Waals surface area contributed by atoms with Gasteiger partial charge in [0, 0.05) is 10.1 Å². The van der Waals surface area contributed by atoms with Crippen molar-refractivity contribution >= 4 is 23.4 Å². The Balaban J connectivity index is 1.97. The van der Waals surface area contributed by atoms with E-state index in [1.54, 1.807) is 0 Å². The average Bonchev–Trinajstić information content (AvgIpc) is 2.99. The van der Waals surface area contributed by atoms with E-state index in [1.165, 1.54) is 30.6 Å². The molecule has 0 radical (unpaired) electrons. The molecule has 3 N–H and O–H groups in total. The molecule has 116 valence electrons. The van der Waals surface area contributed by atoms with Gasteiger partial charge in [-0.05, 0) is 31.4 Å². The van der Waals surface area contributed by atoms with Gasteiger partial charge in [0.1, 0.15) is 0 Å². The summed E-state index contributed by atoms with van der Waals surface area (Å²) in [5.74, 6) is -0.0667. The summed E-state index contributed by atoms with van der Waals surface area (Å²) in [7, 11) is 0. The predicted molar refractivity (Wildman–Crippen MR) is 90.7 cm³/mol. The molecule has 0 aromatic heterocycles. The second-order valence-electron chi connectivity index (χ2n) is 5.76. The van der Waals surface area contributed by atoms with Crippen LogP contribution in [0.1, 0.15) is 51.9 Å². The second-order valence-corrected chi connectivity index (χ2v) is 7.10. The number of hydrogen-bond acceptors (Lipinski definition) is 3. The molecule has 1 saturated carbocycles. The lowest BCUT2D eigenvalue weighted by Gasteiger charge is -2.16. The number of carbonyl (C=O) groups is 1. The number of carbonyl (C=O) groups excluding carboxylic acids is 1. The van der Waals surface area contributed by atoms with Crippen molar-refractivity contribution in [2.24, 2.45) is 5.73 Å². The van der Waals surface area contributed by atoms with Gasteiger partial charge < -0.3 is 11.1 Å². The molecule has 0 saturated heterocycles. The highest BCUT2D eigenvalue weighted by Gasteiger charge is 2.19. The van der Waals surface area contributed by atoms with E-state index in [1.807, 2.05) is 30.0 Å². The fourth-order valence-corrected chi connectivity index (χ4v) is 3.97. The minimum Gasteiger partial charge on any atom is -0.324 e. The fourth-order valence-electron chi connectivity index (χ4n) is 2.64. The van der Waals surface area contributed by atoms with E-state index in [9.17, 15) is 4.79 Å². The van der Waals surface area contributed by atoms with E-state index in [4.69, 9.17) is 5.73 Å². The number of rotatable bonds is 7. The van der Waals surface area contributed by atoms with Crippen molar-refractivity contribution in [1.29, 1.82) is 0 Å². The average molecular weight is 306 g/mol. The first-order valence-corrected chi connectivity index (χ1v) is 8.90. The summed E-state index contributed by atoms with van der Waals surface area (Å²) >= 11 is 1.89. The summed E-state index contributed by atoms with van der Waals surface area (Å²) in [5.41, 5.74) is 6.85. The third-order valence-electron chi connectivity index (χ3n) is 3.95. The molecule has 3 nitrogen and oxygen atoms in total. The Bertz CT molecular complexity index is 458. The molecule has 1 atom stereocenters. The van der Waals surface area contributed by atoms with Gasteiger partial charge in [0.05, 0.1) is 11.7 Å². The van der Waals surface area contributed by atoms with Crippen LogP contribution < -0.4 is 11.1 Å². The van der Waals surface area contributed by atoms with E-state index in [0.29, 0.717) is 5.25 Å². The molecule has 4 heteroatoms. The zero-order valence-corrected chi connectivity index (χ0v) is 13.6. The first kappa shape index (κ1) is 16.4. The maximum Gasteiger partial charge on any atom is 0.241 e. The summed E-state index contributed by atoms with van der Waals surface area (Å²) in [6, 6.07) is 7.66. The highest BCUT2D eigenvalue weighted by Crippen LogP contribution is 2.38. The Labute approximate surface area is 132 Å². The lowest BCUT2D eigenvalue weighted by atomic mass is 10.1. The zero-order valence-electron chi connectivity index (χ0n) is 12.8. The minimum atomic E-state index is -0.408. The van der Waals surface area contributed by atoms with Crippen LogP contribution in [0.3, 0.4) is 0 Å². The Hall–Kier alpha value is -1.00. The van der Waals surface area contributed by atoms with E-state index < -0.39 is 6.04 Å². The molecular formula is C17H26N2OS. The molecule has 0 bridgehead atoms. The Morgan fingerprint density at radius 2 is 2.10 bits per heavy atom. The number of nitrogens with one attached hydrogen (secondary N) is 1. The maximum atomic E-state index is 12.2. The molecule has 21 heavy (non-hydrogen) atoms. The molecule has 0 heterocycles. The molecule has 0 aliphatic heterocycles. The van der Waals surface area contributed by atoms with Crippen LogP contribution in [0, 0.1) is 0 Å². The first-order valence-electron chi connectivity index (χ1n) is 8.03. The summed E-state index contributed by atoms with van der Waals surface area (Å²) in [5, 5.41) is 3.70. The van der Waals surface area contributed by atoms with E-state index in [-0.39, 0.29) is 5.91 Å². The van der Waals surface area contributed by atoms with Gasteiger partial charge in [0.25, 0.3) is 0 Å². The molecule has 1 fully saturated rings. The Morgan fingerprint density at radius 3 is 2.81 bits per heavy atom. The number of thioether (sulfide) groups is 1. The number of amides is 1. The summed E-state index contributed by atoms with van der Waals surface area (Å²) in [4.78, 5) is 13.3. The van der Waals surface area contributed by atoms with Crippen molar-refractivity contribution in [3.63, 3.8) is 0 Å². The van der Waals surface area contributed by atoms with Crippen LogP contribution in [0.25, 0.3) is 0 Å². The highest BCUT2D eigenvalue weighted by atomic mass is 32.2. The Morgan fingerprint density at radius 1 is 1.38 bits per heavy atom. The van der Waals surface area contributed by atoms with Crippen LogP contribution >= 0.6 is 11.8 Å². The normalized spacial score (nSPS) is 16.9. The van der Waals surface area contributed by atoms with Crippen LogP contribution in [-0.4, -0.2) is 17.2 Å². The van der Waals surface area contributed by atoms with Gasteiger partial charge in [0.2, 0.25) is 5.91 Å². The van der Waals surface area contributed by atoms with Crippen molar-refractivity contribution in [3.8, 4) is 0 Å². The topological polar surface area (TPSA) is 55.1 Å². The van der Waals surface area contributed by atoms with E-state index >= 15 is 0 Å².